The molecule has 4 rings (SSSR count). The number of ether oxygens (including phenoxy) is 1. The summed E-state index contributed by atoms with van der Waals surface area (Å²) in [4.78, 5) is 40.2. The van der Waals surface area contributed by atoms with E-state index in [0.717, 1.165) is 17.5 Å². The number of amides is 2. The molecule has 3 aromatic carbocycles. The van der Waals surface area contributed by atoms with E-state index in [0.29, 0.717) is 28.4 Å². The molecule has 2 amide bonds. The van der Waals surface area contributed by atoms with Crippen LogP contribution in [0.1, 0.15) is 35.3 Å². The minimum absolute atomic E-state index is 0.132. The van der Waals surface area contributed by atoms with Crippen molar-refractivity contribution in [3.05, 3.63) is 106 Å². The van der Waals surface area contributed by atoms with Crippen LogP contribution in [0.2, 0.25) is 0 Å². The SMILES string of the molecule is CCOC(=O)c1ccc(CC2S/C(=C(\C#N)C(=O)Nc3ccc(CC)cc3)N(c3ccccc3)C2=O)cc1. The fourth-order valence-corrected chi connectivity index (χ4v) is 5.33. The van der Waals surface area contributed by atoms with Crippen LogP contribution in [0.3, 0.4) is 0 Å². The lowest BCUT2D eigenvalue weighted by molar-refractivity contribution is -0.117. The normalized spacial score (nSPS) is 16.1. The van der Waals surface area contributed by atoms with Gasteiger partial charge in [0.25, 0.3) is 5.91 Å². The zero-order chi connectivity index (χ0) is 27.1. The molecular weight excluding hydrogens is 498 g/mol. The van der Waals surface area contributed by atoms with Crippen molar-refractivity contribution in [2.45, 2.75) is 31.9 Å². The van der Waals surface area contributed by atoms with Crippen LogP contribution in [0.15, 0.2) is 89.5 Å². The van der Waals surface area contributed by atoms with Gasteiger partial charge in [-0.3, -0.25) is 14.5 Å². The van der Waals surface area contributed by atoms with Crippen molar-refractivity contribution in [3.8, 4) is 6.07 Å². The second-order valence-electron chi connectivity index (χ2n) is 8.53. The van der Waals surface area contributed by atoms with Gasteiger partial charge in [0.1, 0.15) is 16.7 Å². The van der Waals surface area contributed by atoms with Crippen molar-refractivity contribution in [1.29, 1.82) is 5.26 Å². The van der Waals surface area contributed by atoms with Crippen LogP contribution in [0.5, 0.6) is 0 Å². The van der Waals surface area contributed by atoms with Gasteiger partial charge in [-0.1, -0.05) is 61.2 Å². The zero-order valence-corrected chi connectivity index (χ0v) is 22.0. The topological polar surface area (TPSA) is 99.5 Å². The first-order valence-corrected chi connectivity index (χ1v) is 13.2. The quantitative estimate of drug-likeness (QED) is 0.237. The number of hydrogen-bond acceptors (Lipinski definition) is 6. The molecule has 1 unspecified atom stereocenters. The number of thioether (sulfide) groups is 1. The molecule has 1 saturated heterocycles. The van der Waals surface area contributed by atoms with Crippen molar-refractivity contribution in [2.24, 2.45) is 0 Å². The molecule has 0 bridgehead atoms. The fraction of sp³-hybridized carbons (Fsp3) is 0.200. The average molecular weight is 526 g/mol. The van der Waals surface area contributed by atoms with Crippen LogP contribution in [0, 0.1) is 11.3 Å². The van der Waals surface area contributed by atoms with Crippen molar-refractivity contribution in [1.82, 2.24) is 0 Å². The number of esters is 1. The van der Waals surface area contributed by atoms with Crippen molar-refractivity contribution in [3.63, 3.8) is 0 Å². The summed E-state index contributed by atoms with van der Waals surface area (Å²) < 4.78 is 5.03. The molecule has 38 heavy (non-hydrogen) atoms. The highest BCUT2D eigenvalue weighted by molar-refractivity contribution is 8.05. The molecule has 0 saturated carbocycles. The van der Waals surface area contributed by atoms with Crippen LogP contribution >= 0.6 is 11.8 Å². The molecule has 7 nitrogen and oxygen atoms in total. The molecule has 1 heterocycles. The first-order valence-electron chi connectivity index (χ1n) is 12.3. The lowest BCUT2D eigenvalue weighted by Gasteiger charge is -2.18. The van der Waals surface area contributed by atoms with E-state index in [1.54, 1.807) is 67.6 Å². The number of nitriles is 1. The summed E-state index contributed by atoms with van der Waals surface area (Å²) in [6.07, 6.45) is 1.23. The van der Waals surface area contributed by atoms with Crippen LogP contribution in [-0.4, -0.2) is 29.6 Å². The van der Waals surface area contributed by atoms with E-state index >= 15 is 0 Å². The highest BCUT2D eigenvalue weighted by Gasteiger charge is 2.40. The standard InChI is InChI=1S/C30H27N3O4S/c1-3-20-12-16-23(17-13-20)32-27(34)25(19-31)29-33(24-8-6-5-7-9-24)28(35)26(38-29)18-21-10-14-22(15-11-21)30(36)37-4-2/h5-17,26H,3-4,18H2,1-2H3,(H,32,34)/b29-25+. The molecule has 8 heteroatoms. The number of aryl methyl sites for hydroxylation is 1. The highest BCUT2D eigenvalue weighted by Crippen LogP contribution is 2.42. The van der Waals surface area contributed by atoms with Gasteiger partial charge in [0.05, 0.1) is 17.4 Å². The molecule has 0 spiro atoms. The number of carbonyl (C=O) groups is 3. The number of benzene rings is 3. The summed E-state index contributed by atoms with van der Waals surface area (Å²) in [5, 5.41) is 12.5. The molecule has 1 fully saturated rings. The monoisotopic (exact) mass is 525 g/mol. The Morgan fingerprint density at radius 2 is 1.63 bits per heavy atom. The third kappa shape index (κ3) is 5.96. The number of rotatable bonds is 8. The number of hydrogen-bond donors (Lipinski definition) is 1. The van der Waals surface area contributed by atoms with Gasteiger partial charge in [0.15, 0.2) is 0 Å². The first-order chi connectivity index (χ1) is 18.4. The Bertz CT molecular complexity index is 1390. The maximum Gasteiger partial charge on any atom is 0.338 e. The minimum Gasteiger partial charge on any atom is -0.462 e. The maximum atomic E-state index is 13.6. The van der Waals surface area contributed by atoms with Gasteiger partial charge >= 0.3 is 5.97 Å². The fourth-order valence-electron chi connectivity index (χ4n) is 4.02. The minimum atomic E-state index is -0.576. The summed E-state index contributed by atoms with van der Waals surface area (Å²) >= 11 is 1.19. The Balaban J connectivity index is 1.63. The lowest BCUT2D eigenvalue weighted by atomic mass is 10.1. The zero-order valence-electron chi connectivity index (χ0n) is 21.1. The molecule has 1 N–H and O–H groups in total. The van der Waals surface area contributed by atoms with Gasteiger partial charge in [-0.05, 0) is 67.3 Å². The number of nitrogens with zero attached hydrogens (tertiary/aromatic N) is 2. The highest BCUT2D eigenvalue weighted by atomic mass is 32.2. The number of nitrogens with one attached hydrogen (secondary N) is 1. The van der Waals surface area contributed by atoms with Crippen LogP contribution < -0.4 is 10.2 Å². The van der Waals surface area contributed by atoms with E-state index in [9.17, 15) is 19.6 Å². The molecule has 1 aliphatic rings. The van der Waals surface area contributed by atoms with Crippen molar-refractivity contribution >= 4 is 40.9 Å². The summed E-state index contributed by atoms with van der Waals surface area (Å²) in [6.45, 7) is 4.08. The Kier molecular flexibility index (Phi) is 8.62. The first kappa shape index (κ1) is 26.7. The molecule has 192 valence electrons. The largest absolute Gasteiger partial charge is 0.462 e. The number of anilines is 2. The van der Waals surface area contributed by atoms with Crippen molar-refractivity contribution in [2.75, 3.05) is 16.8 Å². The Labute approximate surface area is 226 Å². The van der Waals surface area contributed by atoms with Crippen molar-refractivity contribution < 1.29 is 19.1 Å². The van der Waals surface area contributed by atoms with Gasteiger partial charge in [0, 0.05) is 11.4 Å². The summed E-state index contributed by atoms with van der Waals surface area (Å²) in [5.41, 5.74) is 3.42. The molecule has 1 aliphatic heterocycles. The van der Waals surface area contributed by atoms with Gasteiger partial charge in [-0.2, -0.15) is 5.26 Å². The Hall–Kier alpha value is -4.35. The third-order valence-electron chi connectivity index (χ3n) is 6.03. The molecule has 1 atom stereocenters. The van der Waals surface area contributed by atoms with E-state index in [-0.39, 0.29) is 18.1 Å². The average Bonchev–Trinajstić information content (AvgIpc) is 3.25. The van der Waals surface area contributed by atoms with Gasteiger partial charge < -0.3 is 10.1 Å². The van der Waals surface area contributed by atoms with E-state index in [1.807, 2.05) is 31.2 Å². The van der Waals surface area contributed by atoms with Gasteiger partial charge in [-0.15, -0.1) is 0 Å². The van der Waals surface area contributed by atoms with Crippen LogP contribution in [0.25, 0.3) is 0 Å². The van der Waals surface area contributed by atoms with Gasteiger partial charge in [-0.25, -0.2) is 4.79 Å². The van der Waals surface area contributed by atoms with Crippen LogP contribution in [0.4, 0.5) is 11.4 Å². The van der Waals surface area contributed by atoms with Gasteiger partial charge in [0.2, 0.25) is 5.91 Å². The Morgan fingerprint density at radius 1 is 0.974 bits per heavy atom. The maximum absolute atomic E-state index is 13.6. The van der Waals surface area contributed by atoms with Crippen LogP contribution in [-0.2, 0) is 27.2 Å². The second-order valence-corrected chi connectivity index (χ2v) is 9.73. The summed E-state index contributed by atoms with van der Waals surface area (Å²) in [5.74, 6) is -1.20. The third-order valence-corrected chi connectivity index (χ3v) is 7.29. The van der Waals surface area contributed by atoms with E-state index in [2.05, 4.69) is 5.32 Å². The van der Waals surface area contributed by atoms with E-state index in [1.165, 1.54) is 16.7 Å². The number of para-hydroxylation sites is 1. The lowest BCUT2D eigenvalue weighted by Crippen LogP contribution is -2.30. The predicted molar refractivity (Wildman–Crippen MR) is 148 cm³/mol. The Morgan fingerprint density at radius 3 is 2.24 bits per heavy atom. The molecule has 3 aromatic rings. The molecule has 0 aliphatic carbocycles. The predicted octanol–water partition coefficient (Wildman–Crippen LogP) is 5.49. The number of carbonyl (C=O) groups excluding carboxylic acids is 3. The second kappa shape index (κ2) is 12.3. The van der Waals surface area contributed by atoms with E-state index < -0.39 is 17.1 Å². The summed E-state index contributed by atoms with van der Waals surface area (Å²) in [6, 6.07) is 25.3. The molecular formula is C30H27N3O4S. The molecule has 0 aromatic heterocycles. The van der Waals surface area contributed by atoms with E-state index in [4.69, 9.17) is 4.74 Å². The summed E-state index contributed by atoms with van der Waals surface area (Å²) in [7, 11) is 0. The molecule has 0 radical (unpaired) electrons. The smallest absolute Gasteiger partial charge is 0.338 e.